The van der Waals surface area contributed by atoms with Crippen molar-refractivity contribution in [1.82, 2.24) is 9.80 Å². The number of piperidine rings is 1. The maximum atomic E-state index is 3.53. The normalized spacial score (nSPS) is 33.2. The second-order valence-electron chi connectivity index (χ2n) is 3.88. The van der Waals surface area contributed by atoms with Crippen LogP contribution in [0.5, 0.6) is 0 Å². The lowest BCUT2D eigenvalue weighted by molar-refractivity contribution is 0.0599. The van der Waals surface area contributed by atoms with Crippen LogP contribution in [0.15, 0.2) is 0 Å². The van der Waals surface area contributed by atoms with Crippen molar-refractivity contribution in [1.29, 1.82) is 0 Å². The van der Waals surface area contributed by atoms with Gasteiger partial charge in [-0.05, 0) is 19.4 Å². The third-order valence-electron chi connectivity index (χ3n) is 3.09. The number of rotatable bonds is 1. The van der Waals surface area contributed by atoms with Crippen molar-refractivity contribution in [3.05, 3.63) is 0 Å². The molecule has 2 heterocycles. The molecule has 2 aliphatic rings. The summed E-state index contributed by atoms with van der Waals surface area (Å²) in [6, 6.07) is 0.866. The molecule has 0 aliphatic carbocycles. The third kappa shape index (κ3) is 1.83. The van der Waals surface area contributed by atoms with E-state index in [-0.39, 0.29) is 0 Å². The van der Waals surface area contributed by atoms with Crippen molar-refractivity contribution >= 4 is 15.9 Å². The van der Waals surface area contributed by atoms with Crippen LogP contribution in [0.2, 0.25) is 0 Å². The van der Waals surface area contributed by atoms with Gasteiger partial charge in [-0.15, -0.1) is 0 Å². The molecule has 0 saturated carbocycles. The lowest BCUT2D eigenvalue weighted by atomic mass is 10.00. The van der Waals surface area contributed by atoms with E-state index in [0.717, 1.165) is 11.5 Å². The van der Waals surface area contributed by atoms with Gasteiger partial charge < -0.3 is 0 Å². The molecule has 0 aromatic carbocycles. The highest BCUT2D eigenvalue weighted by Gasteiger charge is 2.27. The van der Waals surface area contributed by atoms with E-state index < -0.39 is 0 Å². The van der Waals surface area contributed by atoms with E-state index in [1.165, 1.54) is 45.4 Å². The Labute approximate surface area is 83.0 Å². The number of nitrogens with zero attached hydrogens (tertiary/aromatic N) is 2. The van der Waals surface area contributed by atoms with E-state index in [9.17, 15) is 0 Å². The average Bonchev–Trinajstić information content (AvgIpc) is 2.17. The van der Waals surface area contributed by atoms with E-state index in [0.29, 0.717) is 0 Å². The summed E-state index contributed by atoms with van der Waals surface area (Å²) in [4.78, 5) is 5.18. The van der Waals surface area contributed by atoms with Crippen LogP contribution in [0.25, 0.3) is 0 Å². The number of hydrogen-bond acceptors (Lipinski definition) is 2. The zero-order chi connectivity index (χ0) is 8.39. The first kappa shape index (κ1) is 8.97. The van der Waals surface area contributed by atoms with Gasteiger partial charge in [0.15, 0.2) is 0 Å². The molecule has 0 spiro atoms. The maximum absolute atomic E-state index is 3.53. The molecule has 70 valence electrons. The molecular formula is C9H17BrN2. The Kier molecular flexibility index (Phi) is 3.05. The molecule has 0 amide bonds. The van der Waals surface area contributed by atoms with Gasteiger partial charge in [-0.1, -0.05) is 22.4 Å². The van der Waals surface area contributed by atoms with E-state index in [4.69, 9.17) is 0 Å². The van der Waals surface area contributed by atoms with Crippen molar-refractivity contribution < 1.29 is 0 Å². The Morgan fingerprint density at radius 3 is 2.92 bits per heavy atom. The molecule has 2 aliphatic heterocycles. The van der Waals surface area contributed by atoms with Crippen molar-refractivity contribution in [2.24, 2.45) is 0 Å². The molecule has 2 rings (SSSR count). The standard InChI is InChI=1S/C9H17BrN2/c10-8-11-5-6-12-4-2-1-3-9(12)7-11/h9H,1-8H2. The van der Waals surface area contributed by atoms with Crippen LogP contribution in [-0.4, -0.2) is 47.5 Å². The van der Waals surface area contributed by atoms with E-state index >= 15 is 0 Å². The maximum Gasteiger partial charge on any atom is 0.0543 e. The van der Waals surface area contributed by atoms with Crippen molar-refractivity contribution in [3.8, 4) is 0 Å². The molecule has 3 heteroatoms. The minimum atomic E-state index is 0.866. The van der Waals surface area contributed by atoms with Crippen molar-refractivity contribution in [2.45, 2.75) is 25.3 Å². The molecular weight excluding hydrogens is 216 g/mol. The van der Waals surface area contributed by atoms with Crippen LogP contribution in [0, 0.1) is 0 Å². The van der Waals surface area contributed by atoms with Gasteiger partial charge in [0.1, 0.15) is 0 Å². The van der Waals surface area contributed by atoms with Crippen LogP contribution < -0.4 is 0 Å². The zero-order valence-corrected chi connectivity index (χ0v) is 9.09. The highest BCUT2D eigenvalue weighted by atomic mass is 79.9. The van der Waals surface area contributed by atoms with Gasteiger partial charge in [-0.25, -0.2) is 0 Å². The Hall–Kier alpha value is 0.400. The van der Waals surface area contributed by atoms with Gasteiger partial charge in [0.25, 0.3) is 0 Å². The largest absolute Gasteiger partial charge is 0.298 e. The van der Waals surface area contributed by atoms with Gasteiger partial charge in [0, 0.05) is 25.7 Å². The zero-order valence-electron chi connectivity index (χ0n) is 7.51. The van der Waals surface area contributed by atoms with Gasteiger partial charge in [-0.2, -0.15) is 0 Å². The molecule has 2 fully saturated rings. The summed E-state index contributed by atoms with van der Waals surface area (Å²) < 4.78 is 0. The van der Waals surface area contributed by atoms with Crippen LogP contribution in [0.3, 0.4) is 0 Å². The second-order valence-corrected chi connectivity index (χ2v) is 4.38. The van der Waals surface area contributed by atoms with Crippen LogP contribution in [0.1, 0.15) is 19.3 Å². The number of piperazine rings is 1. The summed E-state index contributed by atoms with van der Waals surface area (Å²) in [5.74, 6) is 0. The molecule has 1 unspecified atom stereocenters. The number of fused-ring (bicyclic) bond motifs is 1. The van der Waals surface area contributed by atoms with Gasteiger partial charge in [0.2, 0.25) is 0 Å². The van der Waals surface area contributed by atoms with Crippen LogP contribution in [0.4, 0.5) is 0 Å². The Balaban J connectivity index is 1.90. The van der Waals surface area contributed by atoms with Crippen LogP contribution >= 0.6 is 15.9 Å². The van der Waals surface area contributed by atoms with Crippen molar-refractivity contribution in [2.75, 3.05) is 31.6 Å². The Morgan fingerprint density at radius 1 is 1.17 bits per heavy atom. The highest BCUT2D eigenvalue weighted by molar-refractivity contribution is 9.09. The molecule has 0 aromatic rings. The summed E-state index contributed by atoms with van der Waals surface area (Å²) in [6.07, 6.45) is 4.28. The fourth-order valence-electron chi connectivity index (χ4n) is 2.33. The molecule has 0 N–H and O–H groups in total. The second kappa shape index (κ2) is 4.07. The van der Waals surface area contributed by atoms with Gasteiger partial charge in [-0.3, -0.25) is 9.80 Å². The summed E-state index contributed by atoms with van der Waals surface area (Å²) >= 11 is 3.53. The molecule has 2 nitrogen and oxygen atoms in total. The summed E-state index contributed by atoms with van der Waals surface area (Å²) in [5, 5.41) is 0. The minimum Gasteiger partial charge on any atom is -0.298 e. The smallest absolute Gasteiger partial charge is 0.0543 e. The summed E-state index contributed by atoms with van der Waals surface area (Å²) in [5.41, 5.74) is 1.05. The first-order valence-corrected chi connectivity index (χ1v) is 6.04. The quantitative estimate of drug-likeness (QED) is 0.500. The molecule has 1 atom stereocenters. The predicted octanol–water partition coefficient (Wildman–Crippen LogP) is 1.51. The van der Waals surface area contributed by atoms with Crippen molar-refractivity contribution in [3.63, 3.8) is 0 Å². The van der Waals surface area contributed by atoms with Crippen LogP contribution in [-0.2, 0) is 0 Å². The molecule has 0 radical (unpaired) electrons. The first-order chi connectivity index (χ1) is 5.90. The summed E-state index contributed by atoms with van der Waals surface area (Å²) in [6.45, 7) is 5.17. The number of alkyl halides is 1. The number of hydrogen-bond donors (Lipinski definition) is 0. The van der Waals surface area contributed by atoms with Gasteiger partial charge >= 0.3 is 0 Å². The summed E-state index contributed by atoms with van der Waals surface area (Å²) in [7, 11) is 0. The SMILES string of the molecule is BrCN1CCN2CCCCC2C1. The Morgan fingerprint density at radius 2 is 2.08 bits per heavy atom. The Bertz CT molecular complexity index is 151. The minimum absolute atomic E-state index is 0.866. The fourth-order valence-corrected chi connectivity index (χ4v) is 2.78. The monoisotopic (exact) mass is 232 g/mol. The topological polar surface area (TPSA) is 6.48 Å². The van der Waals surface area contributed by atoms with E-state index in [1.807, 2.05) is 0 Å². The fraction of sp³-hybridized carbons (Fsp3) is 1.00. The van der Waals surface area contributed by atoms with Gasteiger partial charge in [0.05, 0.1) is 5.45 Å². The molecule has 12 heavy (non-hydrogen) atoms. The molecule has 0 aromatic heterocycles. The third-order valence-corrected chi connectivity index (χ3v) is 3.80. The van der Waals surface area contributed by atoms with E-state index in [1.54, 1.807) is 0 Å². The first-order valence-electron chi connectivity index (χ1n) is 4.92. The lowest BCUT2D eigenvalue weighted by Crippen LogP contribution is -2.54. The van der Waals surface area contributed by atoms with E-state index in [2.05, 4.69) is 25.7 Å². The predicted molar refractivity (Wildman–Crippen MR) is 54.6 cm³/mol. The number of halogens is 1. The lowest BCUT2D eigenvalue weighted by Gasteiger charge is -2.43. The molecule has 0 bridgehead atoms. The average molecular weight is 233 g/mol. The molecule has 2 saturated heterocycles. The highest BCUT2D eigenvalue weighted by Crippen LogP contribution is 2.21.